The molecule has 1 nitrogen and oxygen atoms in total. The molecule has 0 aliphatic heterocycles. The van der Waals surface area contributed by atoms with Gasteiger partial charge in [0.2, 0.25) is 0 Å². The van der Waals surface area contributed by atoms with Crippen LogP contribution in [0.25, 0.3) is 10.8 Å². The molecule has 0 amide bonds. The van der Waals surface area contributed by atoms with E-state index in [-0.39, 0.29) is 0 Å². The number of hydrogen-bond donors (Lipinski definition) is 1. The zero-order valence-electron chi connectivity index (χ0n) is 6.17. The van der Waals surface area contributed by atoms with Crippen LogP contribution in [-0.2, 0) is 0 Å². The first-order valence-corrected chi connectivity index (χ1v) is 4.33. The predicted molar refractivity (Wildman–Crippen MR) is 54.1 cm³/mol. The number of pyridine rings is 1. The molecule has 0 bridgehead atoms. The van der Waals surface area contributed by atoms with Crippen molar-refractivity contribution in [2.45, 2.75) is 0 Å². The molecular formula is C9H6ClNS. The monoisotopic (exact) mass is 195 g/mol. The largest absolute Gasteiger partial charge is 0.337 e. The van der Waals surface area contributed by atoms with Crippen LogP contribution in [0.2, 0.25) is 5.15 Å². The summed E-state index contributed by atoms with van der Waals surface area (Å²) in [5.74, 6) is 0. The van der Waals surface area contributed by atoms with Crippen molar-refractivity contribution in [3.05, 3.63) is 40.1 Å². The predicted octanol–water partition coefficient (Wildman–Crippen LogP) is 3.55. The number of aromatic amines is 1. The molecule has 0 fully saturated rings. The molecule has 2 rings (SSSR count). The van der Waals surface area contributed by atoms with Crippen molar-refractivity contribution >= 4 is 34.6 Å². The molecule has 1 heterocycles. The zero-order valence-corrected chi connectivity index (χ0v) is 7.75. The molecule has 1 aromatic carbocycles. The molecule has 0 aliphatic rings. The summed E-state index contributed by atoms with van der Waals surface area (Å²) in [4.78, 5) is 2.89. The van der Waals surface area contributed by atoms with Crippen molar-refractivity contribution in [2.75, 3.05) is 0 Å². The maximum absolute atomic E-state index is 5.80. The lowest BCUT2D eigenvalue weighted by molar-refractivity contribution is 1.33. The number of halogens is 1. The van der Waals surface area contributed by atoms with E-state index >= 15 is 0 Å². The third kappa shape index (κ3) is 1.24. The molecule has 0 radical (unpaired) electrons. The van der Waals surface area contributed by atoms with Gasteiger partial charge in [0.15, 0.2) is 0 Å². The van der Waals surface area contributed by atoms with Crippen LogP contribution >= 0.6 is 23.8 Å². The Hall–Kier alpha value is -0.860. The first-order valence-electron chi connectivity index (χ1n) is 3.55. The van der Waals surface area contributed by atoms with Crippen LogP contribution in [-0.4, -0.2) is 4.98 Å². The Labute approximate surface area is 80.0 Å². The van der Waals surface area contributed by atoms with Gasteiger partial charge in [-0.3, -0.25) is 0 Å². The lowest BCUT2D eigenvalue weighted by atomic mass is 10.2. The highest BCUT2D eigenvalue weighted by atomic mass is 35.5. The number of H-pyrrole nitrogens is 1. The van der Waals surface area contributed by atoms with E-state index in [9.17, 15) is 0 Å². The van der Waals surface area contributed by atoms with Crippen molar-refractivity contribution in [1.29, 1.82) is 0 Å². The number of aromatic nitrogens is 1. The highest BCUT2D eigenvalue weighted by molar-refractivity contribution is 7.71. The van der Waals surface area contributed by atoms with E-state index in [0.29, 0.717) is 9.79 Å². The van der Waals surface area contributed by atoms with E-state index in [1.165, 1.54) is 0 Å². The molecule has 1 aromatic heterocycles. The first-order chi connectivity index (χ1) is 5.77. The number of hydrogen-bond acceptors (Lipinski definition) is 1. The Morgan fingerprint density at radius 3 is 2.83 bits per heavy atom. The Kier molecular flexibility index (Phi) is 1.87. The molecule has 3 heteroatoms. The smallest absolute Gasteiger partial charge is 0.112 e. The Morgan fingerprint density at radius 1 is 1.25 bits per heavy atom. The summed E-state index contributed by atoms with van der Waals surface area (Å²) in [6.45, 7) is 0. The Bertz CT molecular complexity index is 475. The van der Waals surface area contributed by atoms with Crippen molar-refractivity contribution in [3.8, 4) is 0 Å². The van der Waals surface area contributed by atoms with Crippen LogP contribution in [0.3, 0.4) is 0 Å². The third-order valence-electron chi connectivity index (χ3n) is 1.72. The second-order valence-corrected chi connectivity index (χ2v) is 3.35. The normalized spacial score (nSPS) is 10.4. The molecule has 1 N–H and O–H groups in total. The van der Waals surface area contributed by atoms with Gasteiger partial charge in [-0.1, -0.05) is 48.1 Å². The molecule has 2 aromatic rings. The SMILES string of the molecule is S=c1[nH]c(Cl)cc2ccccc12. The summed E-state index contributed by atoms with van der Waals surface area (Å²) in [7, 11) is 0. The Morgan fingerprint density at radius 2 is 2.00 bits per heavy atom. The fraction of sp³-hybridized carbons (Fsp3) is 0. The van der Waals surface area contributed by atoms with Crippen LogP contribution in [0.4, 0.5) is 0 Å². The second-order valence-electron chi connectivity index (χ2n) is 2.53. The minimum Gasteiger partial charge on any atom is -0.337 e. The van der Waals surface area contributed by atoms with Gasteiger partial charge in [0.1, 0.15) is 9.79 Å². The number of fused-ring (bicyclic) bond motifs is 1. The third-order valence-corrected chi connectivity index (χ3v) is 2.25. The Balaban J connectivity index is 2.99. The van der Waals surface area contributed by atoms with Crippen LogP contribution in [0.15, 0.2) is 30.3 Å². The summed E-state index contributed by atoms with van der Waals surface area (Å²) in [5, 5.41) is 2.70. The van der Waals surface area contributed by atoms with E-state index < -0.39 is 0 Å². The van der Waals surface area contributed by atoms with E-state index in [0.717, 1.165) is 10.8 Å². The van der Waals surface area contributed by atoms with Gasteiger partial charge < -0.3 is 4.98 Å². The second kappa shape index (κ2) is 2.88. The quantitative estimate of drug-likeness (QED) is 0.502. The molecule has 0 saturated carbocycles. The van der Waals surface area contributed by atoms with Crippen molar-refractivity contribution < 1.29 is 0 Å². The number of rotatable bonds is 0. The maximum atomic E-state index is 5.80. The highest BCUT2D eigenvalue weighted by Crippen LogP contribution is 2.17. The van der Waals surface area contributed by atoms with Gasteiger partial charge in [0.25, 0.3) is 0 Å². The van der Waals surface area contributed by atoms with Gasteiger partial charge in [-0.2, -0.15) is 0 Å². The van der Waals surface area contributed by atoms with Gasteiger partial charge >= 0.3 is 0 Å². The highest BCUT2D eigenvalue weighted by Gasteiger charge is 1.94. The molecule has 0 spiro atoms. The lowest BCUT2D eigenvalue weighted by Crippen LogP contribution is -1.79. The molecule has 0 aliphatic carbocycles. The van der Waals surface area contributed by atoms with E-state index in [2.05, 4.69) is 4.98 Å². The van der Waals surface area contributed by atoms with Crippen molar-refractivity contribution in [3.63, 3.8) is 0 Å². The molecule has 12 heavy (non-hydrogen) atoms. The van der Waals surface area contributed by atoms with Crippen molar-refractivity contribution in [2.24, 2.45) is 0 Å². The minimum absolute atomic E-state index is 0.582. The van der Waals surface area contributed by atoms with Gasteiger partial charge in [-0.15, -0.1) is 0 Å². The fourth-order valence-corrected chi connectivity index (χ4v) is 1.74. The van der Waals surface area contributed by atoms with Gasteiger partial charge in [-0.05, 0) is 11.5 Å². The molecule has 0 saturated heterocycles. The summed E-state index contributed by atoms with van der Waals surface area (Å²) in [5.41, 5.74) is 0. The summed E-state index contributed by atoms with van der Waals surface area (Å²) >= 11 is 10.9. The van der Waals surface area contributed by atoms with E-state index in [4.69, 9.17) is 23.8 Å². The fourth-order valence-electron chi connectivity index (χ4n) is 1.18. The molecule has 0 unspecified atom stereocenters. The van der Waals surface area contributed by atoms with Gasteiger partial charge in [-0.25, -0.2) is 0 Å². The number of benzene rings is 1. The summed E-state index contributed by atoms with van der Waals surface area (Å²) < 4.78 is 0.693. The van der Waals surface area contributed by atoms with Crippen LogP contribution in [0.1, 0.15) is 0 Å². The molecular weight excluding hydrogens is 190 g/mol. The summed E-state index contributed by atoms with van der Waals surface area (Å²) in [6, 6.07) is 9.76. The van der Waals surface area contributed by atoms with Crippen LogP contribution < -0.4 is 0 Å². The van der Waals surface area contributed by atoms with Crippen LogP contribution in [0.5, 0.6) is 0 Å². The summed E-state index contributed by atoms with van der Waals surface area (Å²) in [6.07, 6.45) is 0. The van der Waals surface area contributed by atoms with Gasteiger partial charge in [0, 0.05) is 5.39 Å². The van der Waals surface area contributed by atoms with E-state index in [1.54, 1.807) is 0 Å². The van der Waals surface area contributed by atoms with Gasteiger partial charge in [0.05, 0.1) is 0 Å². The molecule has 60 valence electrons. The first kappa shape index (κ1) is 7.77. The maximum Gasteiger partial charge on any atom is 0.112 e. The average molecular weight is 196 g/mol. The molecule has 0 atom stereocenters. The van der Waals surface area contributed by atoms with Crippen LogP contribution in [0, 0.1) is 4.64 Å². The van der Waals surface area contributed by atoms with E-state index in [1.807, 2.05) is 30.3 Å². The number of nitrogens with one attached hydrogen (secondary N) is 1. The minimum atomic E-state index is 0.582. The zero-order chi connectivity index (χ0) is 8.55. The standard InChI is InChI=1S/C9H6ClNS/c10-8-5-6-3-1-2-4-7(6)9(12)11-8/h1-5H,(H,11,12). The lowest BCUT2D eigenvalue weighted by Gasteiger charge is -1.97. The topological polar surface area (TPSA) is 15.8 Å². The van der Waals surface area contributed by atoms with Crippen molar-refractivity contribution in [1.82, 2.24) is 4.98 Å². The average Bonchev–Trinajstić information content (AvgIpc) is 2.04.